The highest BCUT2D eigenvalue weighted by molar-refractivity contribution is 5.96. The van der Waals surface area contributed by atoms with E-state index in [1.807, 2.05) is 19.1 Å². The minimum atomic E-state index is -0.331. The van der Waals surface area contributed by atoms with E-state index in [-0.39, 0.29) is 11.8 Å². The molecule has 2 amide bonds. The van der Waals surface area contributed by atoms with Crippen LogP contribution in [0.4, 0.5) is 5.69 Å². The van der Waals surface area contributed by atoms with Crippen molar-refractivity contribution in [1.29, 1.82) is 0 Å². The molecular formula is C17H18N4O2. The van der Waals surface area contributed by atoms with E-state index in [4.69, 9.17) is 0 Å². The lowest BCUT2D eigenvalue weighted by molar-refractivity contribution is -0.115. The number of amides is 2. The fraction of sp³-hybridized carbons (Fsp3) is 0.176. The standard InChI is InChI=1S/C17H18N4O2/c1-3-16(22)20-14-9-7-13(8-10-14)17(23)21-18-11-15-6-4-5-12(2)19-15/h4-11H,3H2,1-2H3,(H,20,22)(H,21,23)/b18-11-. The Hall–Kier alpha value is -3.02. The molecule has 0 unspecified atom stereocenters. The normalized spacial score (nSPS) is 10.5. The van der Waals surface area contributed by atoms with Crippen molar-refractivity contribution in [2.24, 2.45) is 5.10 Å². The lowest BCUT2D eigenvalue weighted by atomic mass is 10.2. The number of anilines is 1. The molecule has 2 aromatic rings. The van der Waals surface area contributed by atoms with Gasteiger partial charge in [-0.25, -0.2) is 5.43 Å². The number of carbonyl (C=O) groups excluding carboxylic acids is 2. The van der Waals surface area contributed by atoms with E-state index in [1.54, 1.807) is 37.3 Å². The predicted molar refractivity (Wildman–Crippen MR) is 89.4 cm³/mol. The first-order chi connectivity index (χ1) is 11.1. The Kier molecular flexibility index (Phi) is 5.57. The number of aryl methyl sites for hydroxylation is 1. The fourth-order valence-electron chi connectivity index (χ4n) is 1.81. The maximum atomic E-state index is 12.0. The molecule has 0 bridgehead atoms. The summed E-state index contributed by atoms with van der Waals surface area (Å²) < 4.78 is 0. The van der Waals surface area contributed by atoms with Gasteiger partial charge in [0.05, 0.1) is 11.9 Å². The zero-order valence-electron chi connectivity index (χ0n) is 13.0. The number of rotatable bonds is 5. The van der Waals surface area contributed by atoms with Crippen molar-refractivity contribution < 1.29 is 9.59 Å². The van der Waals surface area contributed by atoms with Crippen LogP contribution < -0.4 is 10.7 Å². The van der Waals surface area contributed by atoms with Crippen molar-refractivity contribution in [3.8, 4) is 0 Å². The highest BCUT2D eigenvalue weighted by Gasteiger charge is 2.05. The number of nitrogens with zero attached hydrogens (tertiary/aromatic N) is 2. The summed E-state index contributed by atoms with van der Waals surface area (Å²) in [5, 5.41) is 6.61. The van der Waals surface area contributed by atoms with Crippen LogP contribution in [0.5, 0.6) is 0 Å². The van der Waals surface area contributed by atoms with Gasteiger partial charge in [0.15, 0.2) is 0 Å². The first-order valence-corrected chi connectivity index (χ1v) is 7.25. The van der Waals surface area contributed by atoms with Crippen LogP contribution >= 0.6 is 0 Å². The Morgan fingerprint density at radius 1 is 1.17 bits per heavy atom. The topological polar surface area (TPSA) is 83.5 Å². The summed E-state index contributed by atoms with van der Waals surface area (Å²) in [5.74, 6) is -0.403. The summed E-state index contributed by atoms with van der Waals surface area (Å²) in [4.78, 5) is 27.5. The third-order valence-corrected chi connectivity index (χ3v) is 3.02. The molecule has 23 heavy (non-hydrogen) atoms. The van der Waals surface area contributed by atoms with Crippen LogP contribution in [0.15, 0.2) is 47.6 Å². The predicted octanol–water partition coefficient (Wildman–Crippen LogP) is 2.50. The number of carbonyl (C=O) groups is 2. The fourth-order valence-corrected chi connectivity index (χ4v) is 1.81. The number of hydrogen-bond acceptors (Lipinski definition) is 4. The smallest absolute Gasteiger partial charge is 0.271 e. The van der Waals surface area contributed by atoms with E-state index >= 15 is 0 Å². The molecular weight excluding hydrogens is 292 g/mol. The van der Waals surface area contributed by atoms with Crippen LogP contribution in [-0.2, 0) is 4.79 Å². The molecule has 1 aromatic heterocycles. The molecule has 118 valence electrons. The molecule has 0 saturated heterocycles. The van der Waals surface area contributed by atoms with E-state index in [2.05, 4.69) is 20.8 Å². The molecule has 1 heterocycles. The maximum Gasteiger partial charge on any atom is 0.271 e. The highest BCUT2D eigenvalue weighted by Crippen LogP contribution is 2.09. The third kappa shape index (κ3) is 5.03. The van der Waals surface area contributed by atoms with Crippen molar-refractivity contribution in [2.75, 3.05) is 5.32 Å². The number of pyridine rings is 1. The third-order valence-electron chi connectivity index (χ3n) is 3.02. The van der Waals surface area contributed by atoms with Gasteiger partial charge in [0.2, 0.25) is 5.91 Å². The van der Waals surface area contributed by atoms with Gasteiger partial charge in [-0.2, -0.15) is 5.10 Å². The van der Waals surface area contributed by atoms with Gasteiger partial charge in [-0.05, 0) is 43.3 Å². The first-order valence-electron chi connectivity index (χ1n) is 7.25. The van der Waals surface area contributed by atoms with Gasteiger partial charge in [0.25, 0.3) is 5.91 Å². The Labute approximate surface area is 134 Å². The van der Waals surface area contributed by atoms with Crippen molar-refractivity contribution in [3.05, 3.63) is 59.4 Å². The van der Waals surface area contributed by atoms with Gasteiger partial charge >= 0.3 is 0 Å². The van der Waals surface area contributed by atoms with Gasteiger partial charge in [-0.15, -0.1) is 0 Å². The van der Waals surface area contributed by atoms with Crippen LogP contribution in [0.25, 0.3) is 0 Å². The molecule has 0 saturated carbocycles. The monoisotopic (exact) mass is 310 g/mol. The van der Waals surface area contributed by atoms with Crippen molar-refractivity contribution in [3.63, 3.8) is 0 Å². The van der Waals surface area contributed by atoms with Gasteiger partial charge in [-0.1, -0.05) is 13.0 Å². The summed E-state index contributed by atoms with van der Waals surface area (Å²) in [7, 11) is 0. The average Bonchev–Trinajstić information content (AvgIpc) is 2.55. The second-order valence-electron chi connectivity index (χ2n) is 4.88. The quantitative estimate of drug-likeness (QED) is 0.657. The Bertz CT molecular complexity index is 724. The molecule has 6 heteroatoms. The molecule has 0 aliphatic rings. The molecule has 0 atom stereocenters. The number of hydrogen-bond donors (Lipinski definition) is 2. The molecule has 1 aromatic carbocycles. The van der Waals surface area contributed by atoms with Gasteiger partial charge in [0.1, 0.15) is 0 Å². The summed E-state index contributed by atoms with van der Waals surface area (Å²) >= 11 is 0. The molecule has 0 spiro atoms. The van der Waals surface area contributed by atoms with Gasteiger partial charge in [-0.3, -0.25) is 14.6 Å². The van der Waals surface area contributed by atoms with E-state index in [1.165, 1.54) is 6.21 Å². The minimum Gasteiger partial charge on any atom is -0.326 e. The molecule has 0 aliphatic heterocycles. The van der Waals surface area contributed by atoms with E-state index in [0.29, 0.717) is 23.4 Å². The van der Waals surface area contributed by atoms with Crippen LogP contribution in [0.3, 0.4) is 0 Å². The summed E-state index contributed by atoms with van der Waals surface area (Å²) in [5.41, 5.74) is 5.10. The number of nitrogens with one attached hydrogen (secondary N) is 2. The first kappa shape index (κ1) is 16.4. The largest absolute Gasteiger partial charge is 0.326 e. The summed E-state index contributed by atoms with van der Waals surface area (Å²) in [6.07, 6.45) is 1.89. The molecule has 6 nitrogen and oxygen atoms in total. The number of benzene rings is 1. The van der Waals surface area contributed by atoms with Gasteiger partial charge in [0, 0.05) is 23.4 Å². The van der Waals surface area contributed by atoms with Crippen LogP contribution in [0, 0.1) is 6.92 Å². The van der Waals surface area contributed by atoms with Crippen LogP contribution in [-0.4, -0.2) is 23.0 Å². The SMILES string of the molecule is CCC(=O)Nc1ccc(C(=O)N/N=C\c2cccc(C)n2)cc1. The Morgan fingerprint density at radius 2 is 1.91 bits per heavy atom. The maximum absolute atomic E-state index is 12.0. The zero-order chi connectivity index (χ0) is 16.7. The lowest BCUT2D eigenvalue weighted by Crippen LogP contribution is -2.17. The average molecular weight is 310 g/mol. The zero-order valence-corrected chi connectivity index (χ0v) is 13.0. The highest BCUT2D eigenvalue weighted by atomic mass is 16.2. The Balaban J connectivity index is 1.94. The summed E-state index contributed by atoms with van der Waals surface area (Å²) in [6.45, 7) is 3.66. The van der Waals surface area contributed by atoms with E-state index < -0.39 is 0 Å². The molecule has 0 aliphatic carbocycles. The van der Waals surface area contributed by atoms with E-state index in [9.17, 15) is 9.59 Å². The lowest BCUT2D eigenvalue weighted by Gasteiger charge is -2.04. The molecule has 0 radical (unpaired) electrons. The van der Waals surface area contributed by atoms with Crippen molar-refractivity contribution >= 4 is 23.7 Å². The second-order valence-corrected chi connectivity index (χ2v) is 4.88. The van der Waals surface area contributed by atoms with Gasteiger partial charge < -0.3 is 5.32 Å². The van der Waals surface area contributed by atoms with E-state index in [0.717, 1.165) is 5.69 Å². The second kappa shape index (κ2) is 7.84. The van der Waals surface area contributed by atoms with Crippen LogP contribution in [0.1, 0.15) is 35.1 Å². The molecule has 2 rings (SSSR count). The van der Waals surface area contributed by atoms with Crippen molar-refractivity contribution in [2.45, 2.75) is 20.3 Å². The molecule has 0 fully saturated rings. The molecule has 2 N–H and O–H groups in total. The Morgan fingerprint density at radius 3 is 2.57 bits per heavy atom. The van der Waals surface area contributed by atoms with Crippen molar-refractivity contribution in [1.82, 2.24) is 10.4 Å². The number of hydrazone groups is 1. The number of aromatic nitrogens is 1. The van der Waals surface area contributed by atoms with Crippen LogP contribution in [0.2, 0.25) is 0 Å². The minimum absolute atomic E-state index is 0.0718. The summed E-state index contributed by atoms with van der Waals surface area (Å²) in [6, 6.07) is 12.2.